The zero-order valence-corrected chi connectivity index (χ0v) is 15.9. The van der Waals surface area contributed by atoms with Crippen molar-refractivity contribution in [2.75, 3.05) is 30.1 Å². The lowest BCUT2D eigenvalue weighted by Crippen LogP contribution is -2.22. The quantitative estimate of drug-likeness (QED) is 0.415. The van der Waals surface area contributed by atoms with Crippen LogP contribution < -0.4 is 15.4 Å². The van der Waals surface area contributed by atoms with Crippen LogP contribution in [0.15, 0.2) is 41.3 Å². The van der Waals surface area contributed by atoms with Crippen LogP contribution in [0, 0.1) is 10.1 Å². The third-order valence-corrected chi connectivity index (χ3v) is 4.92. The number of ether oxygens (including phenoxy) is 2. The largest absolute Gasteiger partial charge is 0.495 e. The van der Waals surface area contributed by atoms with E-state index in [4.69, 9.17) is 9.47 Å². The standard InChI is InChI=1S/C18H15N3O7S/c1-27-14-4-3-11(21(25)26)7-12(14)19-16(22)8-28-18(24)10-2-5-15-13(6-10)20-17(23)9-29-15/h2-7H,8-9H2,1H3,(H,19,22)(H,20,23). The number of non-ortho nitro benzene ring substituents is 1. The number of rotatable bonds is 6. The molecular formula is C18H15N3O7S. The lowest BCUT2D eigenvalue weighted by Gasteiger charge is -2.16. The number of nitro groups is 1. The van der Waals surface area contributed by atoms with Gasteiger partial charge in [-0.1, -0.05) is 0 Å². The Morgan fingerprint density at radius 3 is 2.79 bits per heavy atom. The van der Waals surface area contributed by atoms with Crippen LogP contribution in [-0.4, -0.2) is 42.2 Å². The Kier molecular flexibility index (Phi) is 5.98. The number of hydrogen-bond donors (Lipinski definition) is 2. The number of hydrogen-bond acceptors (Lipinski definition) is 8. The topological polar surface area (TPSA) is 137 Å². The first-order valence-corrected chi connectivity index (χ1v) is 9.22. The van der Waals surface area contributed by atoms with Gasteiger partial charge in [0.15, 0.2) is 6.61 Å². The Morgan fingerprint density at radius 1 is 1.28 bits per heavy atom. The van der Waals surface area contributed by atoms with Crippen LogP contribution >= 0.6 is 11.8 Å². The molecule has 0 radical (unpaired) electrons. The summed E-state index contributed by atoms with van der Waals surface area (Å²) in [6.07, 6.45) is 0. The molecule has 11 heteroatoms. The van der Waals surface area contributed by atoms with Crippen molar-refractivity contribution in [1.29, 1.82) is 0 Å². The van der Waals surface area contributed by atoms with Gasteiger partial charge in [-0.25, -0.2) is 4.79 Å². The van der Waals surface area contributed by atoms with Crippen LogP contribution in [0.5, 0.6) is 5.75 Å². The number of esters is 1. The van der Waals surface area contributed by atoms with Gasteiger partial charge < -0.3 is 20.1 Å². The summed E-state index contributed by atoms with van der Waals surface area (Å²) in [5.74, 6) is -1.09. The molecule has 1 aliphatic heterocycles. The maximum absolute atomic E-state index is 12.2. The first-order valence-electron chi connectivity index (χ1n) is 8.23. The van der Waals surface area contributed by atoms with Crippen molar-refractivity contribution < 1.29 is 28.8 Å². The predicted octanol–water partition coefficient (Wildman–Crippen LogP) is 2.44. The van der Waals surface area contributed by atoms with Crippen molar-refractivity contribution in [2.45, 2.75) is 4.90 Å². The Balaban J connectivity index is 1.63. The van der Waals surface area contributed by atoms with E-state index in [2.05, 4.69) is 10.6 Å². The Labute approximate surface area is 168 Å². The molecule has 3 rings (SSSR count). The summed E-state index contributed by atoms with van der Waals surface area (Å²) in [7, 11) is 1.35. The third kappa shape index (κ3) is 4.82. The van der Waals surface area contributed by atoms with Gasteiger partial charge in [0.1, 0.15) is 5.75 Å². The second-order valence-electron chi connectivity index (χ2n) is 5.81. The zero-order chi connectivity index (χ0) is 21.0. The highest BCUT2D eigenvalue weighted by Gasteiger charge is 2.19. The van der Waals surface area contributed by atoms with E-state index in [-0.39, 0.29) is 28.6 Å². The van der Waals surface area contributed by atoms with Crippen LogP contribution in [0.3, 0.4) is 0 Å². The number of carbonyl (C=O) groups is 3. The number of anilines is 2. The number of carbonyl (C=O) groups excluding carboxylic acids is 3. The minimum absolute atomic E-state index is 0.0799. The monoisotopic (exact) mass is 417 g/mol. The molecule has 0 aromatic heterocycles. The number of thioether (sulfide) groups is 1. The SMILES string of the molecule is COc1ccc([N+](=O)[O-])cc1NC(=O)COC(=O)c1ccc2c(c1)NC(=O)CS2. The number of methoxy groups -OCH3 is 1. The van der Waals surface area contributed by atoms with Crippen molar-refractivity contribution in [3.63, 3.8) is 0 Å². The Hall–Kier alpha value is -3.60. The molecule has 0 unspecified atom stereocenters. The maximum Gasteiger partial charge on any atom is 0.338 e. The molecule has 0 atom stereocenters. The first-order chi connectivity index (χ1) is 13.9. The van der Waals surface area contributed by atoms with Gasteiger partial charge in [-0.3, -0.25) is 19.7 Å². The van der Waals surface area contributed by atoms with E-state index in [0.717, 1.165) is 11.0 Å². The molecule has 1 aliphatic rings. The highest BCUT2D eigenvalue weighted by molar-refractivity contribution is 8.00. The van der Waals surface area contributed by atoms with Gasteiger partial charge in [0, 0.05) is 17.0 Å². The molecule has 0 saturated heterocycles. The fourth-order valence-corrected chi connectivity index (χ4v) is 3.31. The summed E-state index contributed by atoms with van der Waals surface area (Å²) in [6, 6.07) is 8.42. The van der Waals surface area contributed by atoms with E-state index in [1.807, 2.05) is 0 Å². The Bertz CT molecular complexity index is 1010. The lowest BCUT2D eigenvalue weighted by atomic mass is 10.2. The normalized spacial score (nSPS) is 12.4. The molecule has 0 spiro atoms. The number of amides is 2. The van der Waals surface area contributed by atoms with Gasteiger partial charge in [-0.15, -0.1) is 11.8 Å². The molecule has 0 bridgehead atoms. The van der Waals surface area contributed by atoms with Crippen LogP contribution in [0.25, 0.3) is 0 Å². The van der Waals surface area contributed by atoms with Gasteiger partial charge in [0.25, 0.3) is 11.6 Å². The minimum atomic E-state index is -0.751. The van der Waals surface area contributed by atoms with Crippen molar-refractivity contribution in [1.82, 2.24) is 0 Å². The lowest BCUT2D eigenvalue weighted by molar-refractivity contribution is -0.384. The van der Waals surface area contributed by atoms with E-state index in [1.54, 1.807) is 6.07 Å². The summed E-state index contributed by atoms with van der Waals surface area (Å²) >= 11 is 1.36. The summed E-state index contributed by atoms with van der Waals surface area (Å²) < 4.78 is 10.0. The molecule has 150 valence electrons. The summed E-state index contributed by atoms with van der Waals surface area (Å²) in [5.41, 5.74) is 0.530. The summed E-state index contributed by atoms with van der Waals surface area (Å²) in [4.78, 5) is 46.9. The summed E-state index contributed by atoms with van der Waals surface area (Å²) in [5, 5.41) is 16.0. The van der Waals surface area contributed by atoms with Crippen LogP contribution in [0.4, 0.5) is 17.1 Å². The highest BCUT2D eigenvalue weighted by atomic mass is 32.2. The fraction of sp³-hybridized carbons (Fsp3) is 0.167. The van der Waals surface area contributed by atoms with Crippen molar-refractivity contribution in [3.05, 3.63) is 52.1 Å². The van der Waals surface area contributed by atoms with E-state index >= 15 is 0 Å². The fourth-order valence-electron chi connectivity index (χ4n) is 2.52. The van der Waals surface area contributed by atoms with E-state index in [0.29, 0.717) is 11.4 Å². The number of nitrogens with one attached hydrogen (secondary N) is 2. The molecule has 1 heterocycles. The molecule has 2 N–H and O–H groups in total. The molecule has 2 amide bonds. The molecule has 0 fully saturated rings. The number of nitro benzene ring substituents is 1. The second kappa shape index (κ2) is 8.61. The number of benzene rings is 2. The minimum Gasteiger partial charge on any atom is -0.495 e. The maximum atomic E-state index is 12.2. The van der Waals surface area contributed by atoms with E-state index < -0.39 is 23.4 Å². The molecule has 0 saturated carbocycles. The smallest absolute Gasteiger partial charge is 0.338 e. The van der Waals surface area contributed by atoms with Crippen molar-refractivity contribution in [3.8, 4) is 5.75 Å². The second-order valence-corrected chi connectivity index (χ2v) is 6.83. The van der Waals surface area contributed by atoms with Gasteiger partial charge in [-0.2, -0.15) is 0 Å². The number of nitrogens with zero attached hydrogens (tertiary/aromatic N) is 1. The van der Waals surface area contributed by atoms with Crippen molar-refractivity contribution >= 4 is 46.6 Å². The van der Waals surface area contributed by atoms with Crippen LogP contribution in [0.1, 0.15) is 10.4 Å². The van der Waals surface area contributed by atoms with Crippen LogP contribution in [0.2, 0.25) is 0 Å². The van der Waals surface area contributed by atoms with Gasteiger partial charge >= 0.3 is 5.97 Å². The molecule has 29 heavy (non-hydrogen) atoms. The zero-order valence-electron chi connectivity index (χ0n) is 15.1. The average molecular weight is 417 g/mol. The van der Waals surface area contributed by atoms with E-state index in [9.17, 15) is 24.5 Å². The molecule has 10 nitrogen and oxygen atoms in total. The Morgan fingerprint density at radius 2 is 2.07 bits per heavy atom. The van der Waals surface area contributed by atoms with Crippen molar-refractivity contribution in [2.24, 2.45) is 0 Å². The third-order valence-electron chi connectivity index (χ3n) is 3.85. The summed E-state index contributed by atoms with van der Waals surface area (Å²) in [6.45, 7) is -0.608. The van der Waals surface area contributed by atoms with Gasteiger partial charge in [-0.05, 0) is 24.3 Å². The molecular weight excluding hydrogens is 402 g/mol. The van der Waals surface area contributed by atoms with Crippen LogP contribution in [-0.2, 0) is 14.3 Å². The molecule has 2 aromatic carbocycles. The predicted molar refractivity (Wildman–Crippen MR) is 104 cm³/mol. The average Bonchev–Trinajstić information content (AvgIpc) is 2.71. The highest BCUT2D eigenvalue weighted by Crippen LogP contribution is 2.32. The first kappa shape index (κ1) is 20.1. The number of fused-ring (bicyclic) bond motifs is 1. The van der Waals surface area contributed by atoms with E-state index in [1.165, 1.54) is 43.1 Å². The van der Waals surface area contributed by atoms with Gasteiger partial charge in [0.05, 0.1) is 34.7 Å². The molecule has 2 aromatic rings. The molecule has 0 aliphatic carbocycles. The van der Waals surface area contributed by atoms with Gasteiger partial charge in [0.2, 0.25) is 5.91 Å².